The van der Waals surface area contributed by atoms with Crippen molar-refractivity contribution < 1.29 is 4.74 Å². The highest BCUT2D eigenvalue weighted by Crippen LogP contribution is 2.29. The maximum atomic E-state index is 5.73. The second kappa shape index (κ2) is 6.22. The molecule has 2 aromatic rings. The van der Waals surface area contributed by atoms with Gasteiger partial charge in [0.25, 0.3) is 0 Å². The smallest absolute Gasteiger partial charge is 0.123 e. The first-order valence-electron chi connectivity index (χ1n) is 6.31. The van der Waals surface area contributed by atoms with E-state index < -0.39 is 0 Å². The molecule has 0 unspecified atom stereocenters. The van der Waals surface area contributed by atoms with E-state index in [1.807, 2.05) is 6.07 Å². The van der Waals surface area contributed by atoms with Gasteiger partial charge in [0, 0.05) is 5.56 Å². The molecule has 94 valence electrons. The monoisotopic (exact) mass is 241 g/mol. The summed E-state index contributed by atoms with van der Waals surface area (Å²) in [5.41, 5.74) is 6.86. The number of fused-ring (bicyclic) bond motifs is 1. The molecule has 2 heteroatoms. The number of rotatable bonds is 6. The largest absolute Gasteiger partial charge is 0.489 e. The lowest BCUT2D eigenvalue weighted by Gasteiger charge is -2.13. The molecule has 0 aliphatic heterocycles. The molecule has 0 amide bonds. The van der Waals surface area contributed by atoms with Gasteiger partial charge >= 0.3 is 0 Å². The molecule has 2 rings (SSSR count). The molecule has 2 N–H and O–H groups in total. The maximum absolute atomic E-state index is 5.73. The molecule has 0 saturated carbocycles. The molecule has 0 saturated heterocycles. The zero-order valence-corrected chi connectivity index (χ0v) is 10.6. The zero-order chi connectivity index (χ0) is 12.8. The van der Waals surface area contributed by atoms with E-state index in [9.17, 15) is 0 Å². The van der Waals surface area contributed by atoms with E-state index in [-0.39, 0.29) is 0 Å². The Morgan fingerprint density at radius 3 is 2.78 bits per heavy atom. The summed E-state index contributed by atoms with van der Waals surface area (Å²) in [4.78, 5) is 0. The van der Waals surface area contributed by atoms with Gasteiger partial charge in [-0.2, -0.15) is 0 Å². The van der Waals surface area contributed by atoms with E-state index in [1.165, 1.54) is 16.3 Å². The third kappa shape index (κ3) is 2.71. The maximum Gasteiger partial charge on any atom is 0.123 e. The average molecular weight is 241 g/mol. The Balaban J connectivity index is 2.44. The van der Waals surface area contributed by atoms with Gasteiger partial charge in [-0.05, 0) is 36.2 Å². The number of hydrogen-bond acceptors (Lipinski definition) is 2. The molecule has 0 radical (unpaired) electrons. The topological polar surface area (TPSA) is 35.2 Å². The van der Waals surface area contributed by atoms with Crippen LogP contribution in [0.25, 0.3) is 10.8 Å². The van der Waals surface area contributed by atoms with Gasteiger partial charge in [-0.3, -0.25) is 0 Å². The van der Waals surface area contributed by atoms with Crippen LogP contribution in [0.2, 0.25) is 0 Å². The molecule has 0 fully saturated rings. The van der Waals surface area contributed by atoms with E-state index in [1.54, 1.807) is 6.08 Å². The number of benzene rings is 2. The van der Waals surface area contributed by atoms with Gasteiger partial charge in [0.05, 0.1) is 0 Å². The first kappa shape index (κ1) is 12.7. The summed E-state index contributed by atoms with van der Waals surface area (Å²) in [5.74, 6) is 0.946. The fraction of sp³-hybridized carbons (Fsp3) is 0.250. The highest BCUT2D eigenvalue weighted by atomic mass is 16.5. The summed E-state index contributed by atoms with van der Waals surface area (Å²) in [6.07, 6.45) is 3.69. The fourth-order valence-electron chi connectivity index (χ4n) is 2.14. The van der Waals surface area contributed by atoms with Gasteiger partial charge in [0.2, 0.25) is 0 Å². The molecule has 0 aliphatic carbocycles. The molecule has 2 nitrogen and oxygen atoms in total. The van der Waals surface area contributed by atoms with Crippen molar-refractivity contribution in [1.82, 2.24) is 0 Å². The van der Waals surface area contributed by atoms with Crippen molar-refractivity contribution >= 4 is 10.8 Å². The van der Waals surface area contributed by atoms with Crippen LogP contribution in [0.5, 0.6) is 5.75 Å². The molecule has 0 aliphatic rings. The summed E-state index contributed by atoms with van der Waals surface area (Å²) in [7, 11) is 0. The quantitative estimate of drug-likeness (QED) is 0.788. The van der Waals surface area contributed by atoms with Crippen LogP contribution in [0.4, 0.5) is 0 Å². The van der Waals surface area contributed by atoms with E-state index in [4.69, 9.17) is 10.5 Å². The minimum Gasteiger partial charge on any atom is -0.489 e. The Morgan fingerprint density at radius 1 is 1.17 bits per heavy atom. The molecule has 18 heavy (non-hydrogen) atoms. The SMILES string of the molecule is C=CCOc1ccc2ccccc2c1CCCN. The summed E-state index contributed by atoms with van der Waals surface area (Å²) in [5, 5.41) is 2.50. The van der Waals surface area contributed by atoms with Crippen molar-refractivity contribution in [2.45, 2.75) is 12.8 Å². The fourth-order valence-corrected chi connectivity index (χ4v) is 2.14. The number of aryl methyl sites for hydroxylation is 1. The second-order valence-corrected chi connectivity index (χ2v) is 4.26. The van der Waals surface area contributed by atoms with Crippen LogP contribution in [0.15, 0.2) is 49.1 Å². The summed E-state index contributed by atoms with van der Waals surface area (Å²) in [6.45, 7) is 4.92. The van der Waals surface area contributed by atoms with Crippen molar-refractivity contribution in [2.75, 3.05) is 13.2 Å². The van der Waals surface area contributed by atoms with Gasteiger partial charge in [-0.25, -0.2) is 0 Å². The first-order chi connectivity index (χ1) is 8.86. The molecule has 2 aromatic carbocycles. The van der Waals surface area contributed by atoms with Crippen molar-refractivity contribution in [2.24, 2.45) is 5.73 Å². The van der Waals surface area contributed by atoms with Crippen LogP contribution < -0.4 is 10.5 Å². The van der Waals surface area contributed by atoms with Gasteiger partial charge in [0.15, 0.2) is 0 Å². The van der Waals surface area contributed by atoms with Crippen LogP contribution in [-0.2, 0) is 6.42 Å². The van der Waals surface area contributed by atoms with Crippen molar-refractivity contribution in [3.8, 4) is 5.75 Å². The molecule has 0 bridgehead atoms. The van der Waals surface area contributed by atoms with Gasteiger partial charge in [-0.15, -0.1) is 0 Å². The lowest BCUT2D eigenvalue weighted by molar-refractivity contribution is 0.359. The Bertz CT molecular complexity index is 534. The van der Waals surface area contributed by atoms with E-state index in [2.05, 4.69) is 36.9 Å². The Kier molecular flexibility index (Phi) is 4.37. The lowest BCUT2D eigenvalue weighted by atomic mass is 10.00. The number of ether oxygens (including phenoxy) is 1. The summed E-state index contributed by atoms with van der Waals surface area (Å²) in [6, 6.07) is 12.5. The summed E-state index contributed by atoms with van der Waals surface area (Å²) >= 11 is 0. The van der Waals surface area contributed by atoms with Crippen LogP contribution in [0.1, 0.15) is 12.0 Å². The second-order valence-electron chi connectivity index (χ2n) is 4.26. The predicted octanol–water partition coefficient (Wildman–Crippen LogP) is 3.30. The zero-order valence-electron chi connectivity index (χ0n) is 10.6. The van der Waals surface area contributed by atoms with Gasteiger partial charge in [0.1, 0.15) is 12.4 Å². The minimum absolute atomic E-state index is 0.536. The van der Waals surface area contributed by atoms with Gasteiger partial charge in [-0.1, -0.05) is 43.0 Å². The van der Waals surface area contributed by atoms with E-state index in [0.717, 1.165) is 18.6 Å². The molecular formula is C16H19NO. The van der Waals surface area contributed by atoms with Crippen LogP contribution in [0, 0.1) is 0 Å². The Morgan fingerprint density at radius 2 is 2.00 bits per heavy atom. The number of nitrogens with two attached hydrogens (primary N) is 1. The van der Waals surface area contributed by atoms with E-state index >= 15 is 0 Å². The Hall–Kier alpha value is -1.80. The number of hydrogen-bond donors (Lipinski definition) is 1. The standard InChI is InChI=1S/C16H19NO/c1-2-12-18-16-10-9-13-6-3-4-7-14(13)15(16)8-5-11-17/h2-4,6-7,9-10H,1,5,8,11-12,17H2. The first-order valence-corrected chi connectivity index (χ1v) is 6.31. The third-order valence-corrected chi connectivity index (χ3v) is 2.99. The molecule has 0 heterocycles. The highest BCUT2D eigenvalue weighted by Gasteiger charge is 2.07. The molecule has 0 aromatic heterocycles. The Labute approximate surface area is 108 Å². The predicted molar refractivity (Wildman–Crippen MR) is 77.0 cm³/mol. The third-order valence-electron chi connectivity index (χ3n) is 2.99. The minimum atomic E-state index is 0.536. The van der Waals surface area contributed by atoms with Crippen molar-refractivity contribution in [1.29, 1.82) is 0 Å². The normalized spacial score (nSPS) is 10.5. The lowest BCUT2D eigenvalue weighted by Crippen LogP contribution is -2.03. The van der Waals surface area contributed by atoms with Crippen LogP contribution in [-0.4, -0.2) is 13.2 Å². The van der Waals surface area contributed by atoms with Gasteiger partial charge < -0.3 is 10.5 Å². The van der Waals surface area contributed by atoms with Crippen molar-refractivity contribution in [3.63, 3.8) is 0 Å². The van der Waals surface area contributed by atoms with E-state index in [0.29, 0.717) is 13.2 Å². The van der Waals surface area contributed by atoms with Crippen molar-refractivity contribution in [3.05, 3.63) is 54.6 Å². The van der Waals surface area contributed by atoms with Crippen LogP contribution >= 0.6 is 0 Å². The average Bonchev–Trinajstić information content (AvgIpc) is 2.43. The molecule has 0 atom stereocenters. The highest BCUT2D eigenvalue weighted by molar-refractivity contribution is 5.87. The molecular weight excluding hydrogens is 222 g/mol. The molecule has 0 spiro atoms. The summed E-state index contributed by atoms with van der Waals surface area (Å²) < 4.78 is 5.73. The van der Waals surface area contributed by atoms with Crippen LogP contribution in [0.3, 0.4) is 0 Å².